The van der Waals surface area contributed by atoms with Gasteiger partial charge in [0, 0.05) is 22.5 Å². The first-order chi connectivity index (χ1) is 16.1. The second-order valence-electron chi connectivity index (χ2n) is 7.39. The first-order valence-corrected chi connectivity index (χ1v) is 11.7. The molecule has 0 radical (unpaired) electrons. The summed E-state index contributed by atoms with van der Waals surface area (Å²) in [4.78, 5) is 12.0. The zero-order valence-corrected chi connectivity index (χ0v) is 18.3. The first-order valence-electron chi connectivity index (χ1n) is 10.3. The molecule has 5 rings (SSSR count). The van der Waals surface area contributed by atoms with Gasteiger partial charge in [-0.05, 0) is 54.1 Å². The number of benzene rings is 3. The molecule has 2 N–H and O–H groups in total. The highest BCUT2D eigenvalue weighted by molar-refractivity contribution is 7.93. The maximum Gasteiger partial charge on any atom is 0.269 e. The number of rotatable bonds is 6. The summed E-state index contributed by atoms with van der Waals surface area (Å²) in [5, 5.41) is 10.6. The fourth-order valence-corrected chi connectivity index (χ4v) is 5.23. The summed E-state index contributed by atoms with van der Waals surface area (Å²) in [7, 11) is -4.01. The Bertz CT molecular complexity index is 1580. The molecule has 0 amide bonds. The van der Waals surface area contributed by atoms with Crippen LogP contribution in [-0.2, 0) is 10.0 Å². The second kappa shape index (κ2) is 8.50. The van der Waals surface area contributed by atoms with Crippen LogP contribution in [0.5, 0.6) is 0 Å². The van der Waals surface area contributed by atoms with Crippen LogP contribution in [0.3, 0.4) is 0 Å². The molecule has 0 saturated heterocycles. The van der Waals surface area contributed by atoms with Crippen LogP contribution >= 0.6 is 0 Å². The summed E-state index contributed by atoms with van der Waals surface area (Å²) >= 11 is 0. The van der Waals surface area contributed by atoms with Gasteiger partial charge >= 0.3 is 0 Å². The van der Waals surface area contributed by atoms with Gasteiger partial charge in [0.05, 0.1) is 22.7 Å². The van der Waals surface area contributed by atoms with E-state index in [1.807, 2.05) is 36.5 Å². The van der Waals surface area contributed by atoms with E-state index < -0.39 is 10.0 Å². The lowest BCUT2D eigenvalue weighted by Crippen LogP contribution is -2.27. The smallest absolute Gasteiger partial charge is 0.269 e. The lowest BCUT2D eigenvalue weighted by atomic mass is 10.1. The van der Waals surface area contributed by atoms with Gasteiger partial charge in [-0.3, -0.25) is 0 Å². The van der Waals surface area contributed by atoms with Crippen LogP contribution in [0, 0.1) is 0 Å². The fraction of sp³-hybridized carbons (Fsp3) is 0.0400. The summed E-state index contributed by atoms with van der Waals surface area (Å²) < 4.78 is 29.1. The van der Waals surface area contributed by atoms with Gasteiger partial charge in [-0.2, -0.15) is 0 Å². The van der Waals surface area contributed by atoms with Crippen LogP contribution in [0.25, 0.3) is 27.9 Å². The molecule has 0 spiro atoms. The van der Waals surface area contributed by atoms with E-state index >= 15 is 0 Å². The minimum Gasteiger partial charge on any atom is -0.392 e. The zero-order chi connectivity index (χ0) is 22.8. The second-order valence-corrected chi connectivity index (χ2v) is 9.18. The van der Waals surface area contributed by atoms with Gasteiger partial charge in [0.25, 0.3) is 10.0 Å². The Balaban J connectivity index is 1.79. The molecule has 2 heterocycles. The lowest BCUT2D eigenvalue weighted by Gasteiger charge is -2.25. The van der Waals surface area contributed by atoms with Crippen LogP contribution in [0.1, 0.15) is 5.56 Å². The van der Waals surface area contributed by atoms with Crippen molar-refractivity contribution in [2.45, 2.75) is 4.90 Å². The highest BCUT2D eigenvalue weighted by atomic mass is 32.2. The van der Waals surface area contributed by atoms with Crippen molar-refractivity contribution in [3.63, 3.8) is 0 Å². The third kappa shape index (κ3) is 3.86. The number of hydrogen-bond donors (Lipinski definition) is 2. The number of aliphatic hydroxyl groups excluding tert-OH is 1. The van der Waals surface area contributed by atoms with E-state index in [9.17, 15) is 8.42 Å². The molecule has 0 aliphatic carbocycles. The molecule has 0 fully saturated rings. The third-order valence-electron chi connectivity index (χ3n) is 5.30. The monoisotopic (exact) mass is 456 g/mol. The number of aromatic nitrogens is 3. The molecule has 0 unspecified atom stereocenters. The predicted octanol–water partition coefficient (Wildman–Crippen LogP) is 4.64. The van der Waals surface area contributed by atoms with Crippen molar-refractivity contribution in [3.8, 4) is 0 Å². The molecule has 0 bridgehead atoms. The van der Waals surface area contributed by atoms with Crippen molar-refractivity contribution in [1.82, 2.24) is 15.0 Å². The number of nitrogens with zero attached hydrogens (tertiary/aromatic N) is 3. The number of nitrogens with one attached hydrogen (secondary N) is 1. The van der Waals surface area contributed by atoms with Crippen LogP contribution in [0.4, 0.5) is 11.5 Å². The topological polar surface area (TPSA) is 99.2 Å². The molecule has 3 aromatic carbocycles. The molecule has 8 heteroatoms. The summed E-state index contributed by atoms with van der Waals surface area (Å²) in [6.07, 6.45) is 6.55. The Morgan fingerprint density at radius 1 is 0.970 bits per heavy atom. The lowest BCUT2D eigenvalue weighted by molar-refractivity contribution is 0.343. The molecule has 0 aliphatic heterocycles. The first kappa shape index (κ1) is 20.9. The summed E-state index contributed by atoms with van der Waals surface area (Å²) in [5.74, 6) is 0.248. The Labute approximate surface area is 190 Å². The van der Waals surface area contributed by atoms with E-state index in [2.05, 4.69) is 15.0 Å². The van der Waals surface area contributed by atoms with Gasteiger partial charge < -0.3 is 10.1 Å². The number of H-pyrrole nitrogens is 1. The zero-order valence-electron chi connectivity index (χ0n) is 17.5. The highest BCUT2D eigenvalue weighted by Gasteiger charge is 2.29. The summed E-state index contributed by atoms with van der Waals surface area (Å²) in [6.45, 7) is -0.0959. The minimum atomic E-state index is -4.01. The Morgan fingerprint density at radius 2 is 1.82 bits per heavy atom. The number of hydrogen-bond acceptors (Lipinski definition) is 5. The van der Waals surface area contributed by atoms with Crippen LogP contribution in [0.2, 0.25) is 0 Å². The number of anilines is 2. The summed E-state index contributed by atoms with van der Waals surface area (Å²) in [5.41, 5.74) is 2.77. The fourth-order valence-electron chi connectivity index (χ4n) is 3.75. The SMILES string of the molecule is O=S(=O)(c1ccccc1)N(c1ccc2[nH]ccc2c1)c1ncnc2ccc(C=CCO)cc12. The van der Waals surface area contributed by atoms with Gasteiger partial charge in [0.2, 0.25) is 0 Å². The summed E-state index contributed by atoms with van der Waals surface area (Å²) in [6, 6.07) is 21.1. The van der Waals surface area contributed by atoms with Crippen molar-refractivity contribution in [2.24, 2.45) is 0 Å². The van der Waals surface area contributed by atoms with Crippen LogP contribution in [-0.4, -0.2) is 35.1 Å². The van der Waals surface area contributed by atoms with E-state index in [0.717, 1.165) is 16.5 Å². The van der Waals surface area contributed by atoms with Gasteiger partial charge in [0.1, 0.15) is 6.33 Å². The van der Waals surface area contributed by atoms with E-state index in [1.165, 1.54) is 10.6 Å². The molecule has 5 aromatic rings. The maximum atomic E-state index is 13.9. The van der Waals surface area contributed by atoms with E-state index in [-0.39, 0.29) is 17.3 Å². The largest absolute Gasteiger partial charge is 0.392 e. The molecule has 2 aromatic heterocycles. The van der Waals surface area contributed by atoms with Crippen molar-refractivity contribution in [1.29, 1.82) is 0 Å². The van der Waals surface area contributed by atoms with Crippen LogP contribution < -0.4 is 4.31 Å². The number of sulfonamides is 1. The molecule has 33 heavy (non-hydrogen) atoms. The highest BCUT2D eigenvalue weighted by Crippen LogP contribution is 2.36. The number of aliphatic hydroxyl groups is 1. The number of aromatic amines is 1. The van der Waals surface area contributed by atoms with Crippen LogP contribution in [0.15, 0.2) is 96.3 Å². The van der Waals surface area contributed by atoms with Gasteiger partial charge in [0.15, 0.2) is 5.82 Å². The van der Waals surface area contributed by atoms with Crippen molar-refractivity contribution >= 4 is 49.4 Å². The molecular formula is C25H20N4O3S. The molecule has 0 aliphatic rings. The van der Waals surface area contributed by atoms with Crippen molar-refractivity contribution < 1.29 is 13.5 Å². The molecule has 0 saturated carbocycles. The van der Waals surface area contributed by atoms with Gasteiger partial charge in [-0.1, -0.05) is 36.4 Å². The average molecular weight is 457 g/mol. The Hall–Kier alpha value is -4.01. The number of fused-ring (bicyclic) bond motifs is 2. The standard InChI is InChI=1S/C25H20N4O3S/c30-14-4-5-18-8-10-24-22(15-18)25(28-17-27-24)29(33(31,32)21-6-2-1-3-7-21)20-9-11-23-19(16-20)12-13-26-23/h1-13,15-17,26,30H,14H2. The average Bonchev–Trinajstić information content (AvgIpc) is 3.31. The third-order valence-corrected chi connectivity index (χ3v) is 7.03. The Kier molecular flexibility index (Phi) is 5.37. The van der Waals surface area contributed by atoms with Crippen molar-refractivity contribution in [3.05, 3.63) is 97.0 Å². The minimum absolute atomic E-state index is 0.0959. The van der Waals surface area contributed by atoms with Gasteiger partial charge in [-0.25, -0.2) is 22.7 Å². The molecule has 164 valence electrons. The van der Waals surface area contributed by atoms with Gasteiger partial charge in [-0.15, -0.1) is 0 Å². The maximum absolute atomic E-state index is 13.9. The normalized spacial score (nSPS) is 12.0. The van der Waals surface area contributed by atoms with E-state index in [0.29, 0.717) is 16.6 Å². The molecular weight excluding hydrogens is 436 g/mol. The molecule has 0 atom stereocenters. The predicted molar refractivity (Wildman–Crippen MR) is 130 cm³/mol. The van der Waals surface area contributed by atoms with Crippen molar-refractivity contribution in [2.75, 3.05) is 10.9 Å². The molecule has 7 nitrogen and oxygen atoms in total. The Morgan fingerprint density at radius 3 is 2.64 bits per heavy atom. The van der Waals surface area contributed by atoms with E-state index in [4.69, 9.17) is 5.11 Å². The quantitative estimate of drug-likeness (QED) is 0.388. The van der Waals surface area contributed by atoms with E-state index in [1.54, 1.807) is 54.6 Å².